The summed E-state index contributed by atoms with van der Waals surface area (Å²) in [5.74, 6) is -1.21. The predicted octanol–water partition coefficient (Wildman–Crippen LogP) is 4.09. The summed E-state index contributed by atoms with van der Waals surface area (Å²) in [6.07, 6.45) is 7.30. The molecule has 6 nitrogen and oxygen atoms in total. The van der Waals surface area contributed by atoms with Gasteiger partial charge in [0.1, 0.15) is 0 Å². The molecule has 8 heteroatoms. The van der Waals surface area contributed by atoms with E-state index in [2.05, 4.69) is 12.2 Å². The Morgan fingerprint density at radius 2 is 1.59 bits per heavy atom. The lowest BCUT2D eigenvalue weighted by Gasteiger charge is -2.33. The Bertz CT molecular complexity index is 999. The average molecular weight is 476 g/mol. The van der Waals surface area contributed by atoms with E-state index in [9.17, 15) is 19.2 Å². The molecule has 1 saturated heterocycles. The third-order valence-electron chi connectivity index (χ3n) is 7.48. The topological polar surface area (TPSA) is 80.8 Å². The molecule has 2 amide bonds. The van der Waals surface area contributed by atoms with E-state index in [1.807, 2.05) is 0 Å². The number of nitrogens with zero attached hydrogens (tertiary/aromatic N) is 1. The average Bonchev–Trinajstić information content (AvgIpc) is 3.46. The number of ketones is 1. The molecule has 4 atom stereocenters. The van der Waals surface area contributed by atoms with Gasteiger partial charge in [-0.25, -0.2) is 0 Å². The standard InChI is InChI=1S/C24H23Cl2NO5/c25-15-5-8-17(18(26)10-15)19(28)11-32-24(31)12-3-6-16(7-4-12)27-22(29)20-13-1-2-14(9-13)21(20)23(27)30/h1-2,5,8,10,12-14,16,20-21H,3-4,6-7,9,11H2/t12?,13-,14-,16?,20-,21+/m0/s1. The Hall–Kier alpha value is -2.18. The van der Waals surface area contributed by atoms with Crippen molar-refractivity contribution in [1.29, 1.82) is 0 Å². The molecule has 1 aromatic rings. The molecule has 0 spiro atoms. The molecule has 1 heterocycles. The minimum atomic E-state index is -0.430. The summed E-state index contributed by atoms with van der Waals surface area (Å²) in [7, 11) is 0. The van der Waals surface area contributed by atoms with Crippen LogP contribution < -0.4 is 0 Å². The van der Waals surface area contributed by atoms with Gasteiger partial charge in [-0.3, -0.25) is 24.1 Å². The molecule has 32 heavy (non-hydrogen) atoms. The molecule has 3 aliphatic carbocycles. The summed E-state index contributed by atoms with van der Waals surface area (Å²) >= 11 is 11.9. The van der Waals surface area contributed by atoms with Crippen molar-refractivity contribution < 1.29 is 23.9 Å². The highest BCUT2D eigenvalue weighted by Crippen LogP contribution is 2.53. The molecule has 0 N–H and O–H groups in total. The number of allylic oxidation sites excluding steroid dienone is 2. The van der Waals surface area contributed by atoms with Crippen LogP contribution >= 0.6 is 23.2 Å². The molecule has 4 aliphatic rings. The van der Waals surface area contributed by atoms with Crippen molar-refractivity contribution in [2.45, 2.75) is 38.1 Å². The van der Waals surface area contributed by atoms with Crippen LogP contribution in [0.5, 0.6) is 0 Å². The second kappa shape index (κ2) is 8.31. The van der Waals surface area contributed by atoms with Gasteiger partial charge in [-0.15, -0.1) is 0 Å². The zero-order valence-electron chi connectivity index (χ0n) is 17.3. The second-order valence-corrected chi connectivity index (χ2v) is 10.1. The third-order valence-corrected chi connectivity index (χ3v) is 8.02. The van der Waals surface area contributed by atoms with Crippen LogP contribution in [0.15, 0.2) is 30.4 Å². The number of rotatable bonds is 5. The zero-order valence-corrected chi connectivity index (χ0v) is 18.8. The molecule has 2 saturated carbocycles. The first kappa shape index (κ1) is 21.7. The number of benzene rings is 1. The van der Waals surface area contributed by atoms with Gasteiger partial charge in [-0.1, -0.05) is 35.4 Å². The number of imide groups is 1. The highest BCUT2D eigenvalue weighted by atomic mass is 35.5. The lowest BCUT2D eigenvalue weighted by atomic mass is 9.85. The maximum atomic E-state index is 13.0. The molecule has 0 unspecified atom stereocenters. The van der Waals surface area contributed by atoms with E-state index in [-0.39, 0.29) is 64.6 Å². The fraction of sp³-hybridized carbons (Fsp3) is 0.500. The predicted molar refractivity (Wildman–Crippen MR) is 117 cm³/mol. The summed E-state index contributed by atoms with van der Waals surface area (Å²) in [5, 5.41) is 0.634. The van der Waals surface area contributed by atoms with Crippen LogP contribution in [-0.4, -0.2) is 41.1 Å². The fourth-order valence-corrected chi connectivity index (χ4v) is 6.42. The molecular weight excluding hydrogens is 453 g/mol. The van der Waals surface area contributed by atoms with E-state index in [4.69, 9.17) is 27.9 Å². The minimum Gasteiger partial charge on any atom is -0.457 e. The fourth-order valence-electron chi connectivity index (χ4n) is 5.90. The summed E-state index contributed by atoms with van der Waals surface area (Å²) in [4.78, 5) is 52.3. The van der Waals surface area contributed by atoms with Gasteiger partial charge >= 0.3 is 5.97 Å². The van der Waals surface area contributed by atoms with Crippen LogP contribution in [0.2, 0.25) is 10.0 Å². The largest absolute Gasteiger partial charge is 0.457 e. The van der Waals surface area contributed by atoms with Crippen molar-refractivity contribution in [1.82, 2.24) is 4.90 Å². The number of carbonyl (C=O) groups is 4. The lowest BCUT2D eigenvalue weighted by Crippen LogP contribution is -2.44. The summed E-state index contributed by atoms with van der Waals surface area (Å²) in [6, 6.07) is 4.38. The molecule has 2 bridgehead atoms. The highest BCUT2D eigenvalue weighted by molar-refractivity contribution is 6.36. The van der Waals surface area contributed by atoms with Crippen molar-refractivity contribution in [2.24, 2.45) is 29.6 Å². The van der Waals surface area contributed by atoms with E-state index >= 15 is 0 Å². The minimum absolute atomic E-state index is 0.0340. The van der Waals surface area contributed by atoms with Crippen molar-refractivity contribution in [3.8, 4) is 0 Å². The van der Waals surface area contributed by atoms with E-state index < -0.39 is 11.8 Å². The quantitative estimate of drug-likeness (QED) is 0.277. The zero-order chi connectivity index (χ0) is 22.6. The Kier molecular flexibility index (Phi) is 5.62. The number of esters is 1. The monoisotopic (exact) mass is 475 g/mol. The smallest absolute Gasteiger partial charge is 0.309 e. The van der Waals surface area contributed by atoms with Gasteiger partial charge < -0.3 is 4.74 Å². The third kappa shape index (κ3) is 3.57. The number of ether oxygens (including phenoxy) is 1. The van der Waals surface area contributed by atoms with Crippen LogP contribution in [0.1, 0.15) is 42.5 Å². The second-order valence-electron chi connectivity index (χ2n) is 9.21. The Morgan fingerprint density at radius 3 is 2.19 bits per heavy atom. The number of likely N-dealkylation sites (tertiary alicyclic amines) is 1. The normalized spacial score (nSPS) is 33.0. The van der Waals surface area contributed by atoms with E-state index in [1.165, 1.54) is 17.0 Å². The van der Waals surface area contributed by atoms with Crippen molar-refractivity contribution in [3.63, 3.8) is 0 Å². The maximum Gasteiger partial charge on any atom is 0.309 e. The van der Waals surface area contributed by atoms with Crippen LogP contribution in [0.4, 0.5) is 0 Å². The van der Waals surface area contributed by atoms with Crippen LogP contribution in [0.25, 0.3) is 0 Å². The van der Waals surface area contributed by atoms with Crippen molar-refractivity contribution in [2.75, 3.05) is 6.61 Å². The van der Waals surface area contributed by atoms with Crippen LogP contribution in [0.3, 0.4) is 0 Å². The summed E-state index contributed by atoms with van der Waals surface area (Å²) in [5.41, 5.74) is 0.257. The van der Waals surface area contributed by atoms with Gasteiger partial charge in [0.25, 0.3) is 0 Å². The number of fused-ring (bicyclic) bond motifs is 5. The summed E-state index contributed by atoms with van der Waals surface area (Å²) in [6.45, 7) is -0.387. The Labute approximate surface area is 195 Å². The van der Waals surface area contributed by atoms with Gasteiger partial charge in [-0.2, -0.15) is 0 Å². The van der Waals surface area contributed by atoms with Crippen LogP contribution in [-0.2, 0) is 19.1 Å². The van der Waals surface area contributed by atoms with E-state index in [0.717, 1.165) is 6.42 Å². The molecule has 0 radical (unpaired) electrons. The van der Waals surface area contributed by atoms with Gasteiger partial charge in [-0.05, 0) is 62.1 Å². The lowest BCUT2D eigenvalue weighted by molar-refractivity contribution is -0.149. The molecular formula is C24H23Cl2NO5. The van der Waals surface area contributed by atoms with Crippen LogP contribution in [0, 0.1) is 29.6 Å². The molecule has 1 aliphatic heterocycles. The highest BCUT2D eigenvalue weighted by Gasteiger charge is 2.60. The first-order valence-corrected chi connectivity index (χ1v) is 11.8. The molecule has 0 aromatic heterocycles. The van der Waals surface area contributed by atoms with Gasteiger partial charge in [0, 0.05) is 16.6 Å². The number of carbonyl (C=O) groups excluding carboxylic acids is 4. The number of hydrogen-bond donors (Lipinski definition) is 0. The Morgan fingerprint density at radius 1 is 0.969 bits per heavy atom. The van der Waals surface area contributed by atoms with Gasteiger partial charge in [0.2, 0.25) is 17.6 Å². The first-order valence-electron chi connectivity index (χ1n) is 11.0. The molecule has 3 fully saturated rings. The van der Waals surface area contributed by atoms with Crippen molar-refractivity contribution >= 4 is 46.8 Å². The van der Waals surface area contributed by atoms with Crippen molar-refractivity contribution in [3.05, 3.63) is 46.0 Å². The molecule has 168 valence electrons. The number of Topliss-reactive ketones (excluding diaryl/α,β-unsaturated/α-hetero) is 1. The van der Waals surface area contributed by atoms with Gasteiger partial charge in [0.05, 0.1) is 22.8 Å². The number of halogens is 2. The summed E-state index contributed by atoms with van der Waals surface area (Å²) < 4.78 is 5.25. The molecule has 5 rings (SSSR count). The number of amides is 2. The van der Waals surface area contributed by atoms with E-state index in [1.54, 1.807) is 6.07 Å². The Balaban J connectivity index is 1.14. The maximum absolute atomic E-state index is 13.0. The SMILES string of the molecule is O=C(COC(=O)C1CCC(N2C(=O)[C@@H]3[C@H](C2=O)[C@H]2C=C[C@H]3C2)CC1)c1ccc(Cl)cc1Cl. The van der Waals surface area contributed by atoms with Gasteiger partial charge in [0.15, 0.2) is 6.61 Å². The first-order chi connectivity index (χ1) is 15.3. The molecule has 1 aromatic carbocycles. The number of hydrogen-bond acceptors (Lipinski definition) is 5. The van der Waals surface area contributed by atoms with E-state index in [0.29, 0.717) is 30.7 Å².